The maximum atomic E-state index is 13.4. The average molecular weight is 437 g/mol. The lowest BCUT2D eigenvalue weighted by molar-refractivity contribution is -0.115. The van der Waals surface area contributed by atoms with Gasteiger partial charge in [0.05, 0.1) is 24.1 Å². The van der Waals surface area contributed by atoms with Gasteiger partial charge in [-0.2, -0.15) is 0 Å². The summed E-state index contributed by atoms with van der Waals surface area (Å²) in [6.07, 6.45) is 1.41. The van der Waals surface area contributed by atoms with E-state index in [1.165, 1.54) is 35.8 Å². The van der Waals surface area contributed by atoms with Gasteiger partial charge in [-0.05, 0) is 36.4 Å². The molecule has 0 spiro atoms. The number of rotatable bonds is 7. The molecule has 4 aromatic rings. The number of hydrogen-bond acceptors (Lipinski definition) is 6. The lowest BCUT2D eigenvalue weighted by Crippen LogP contribution is -2.15. The molecule has 156 valence electrons. The highest BCUT2D eigenvalue weighted by molar-refractivity contribution is 7.14. The molecule has 0 aliphatic carbocycles. The summed E-state index contributed by atoms with van der Waals surface area (Å²) in [5, 5.41) is 7.44. The zero-order chi connectivity index (χ0) is 21.6. The largest absolute Gasteiger partial charge is 0.459 e. The minimum atomic E-state index is -0.419. The van der Waals surface area contributed by atoms with E-state index >= 15 is 0 Å². The fraction of sp³-hybridized carbons (Fsp3) is 0.0455. The summed E-state index contributed by atoms with van der Waals surface area (Å²) in [5.41, 5.74) is 0.944. The van der Waals surface area contributed by atoms with Gasteiger partial charge < -0.3 is 14.5 Å². The monoisotopic (exact) mass is 437 g/mol. The molecule has 2 aromatic carbocycles. The Morgan fingerprint density at radius 3 is 2.74 bits per heavy atom. The van der Waals surface area contributed by atoms with Crippen molar-refractivity contribution in [1.29, 1.82) is 0 Å². The Morgan fingerprint density at radius 2 is 1.94 bits per heavy atom. The molecule has 2 aromatic heterocycles. The Morgan fingerprint density at radius 1 is 1.06 bits per heavy atom. The molecule has 9 heteroatoms. The molecule has 0 unspecified atom stereocenters. The van der Waals surface area contributed by atoms with Crippen LogP contribution in [0.1, 0.15) is 16.2 Å². The lowest BCUT2D eigenvalue weighted by atomic mass is 10.2. The Hall–Kier alpha value is -3.98. The van der Waals surface area contributed by atoms with Gasteiger partial charge in [0, 0.05) is 11.4 Å². The molecule has 0 bridgehead atoms. The van der Waals surface area contributed by atoms with E-state index in [9.17, 15) is 14.0 Å². The van der Waals surface area contributed by atoms with Gasteiger partial charge in [-0.25, -0.2) is 9.37 Å². The first kappa shape index (κ1) is 20.3. The number of halogens is 1. The number of carbonyl (C=O) groups excluding carboxylic acids is 2. The number of ether oxygens (including phenoxy) is 1. The summed E-state index contributed by atoms with van der Waals surface area (Å²) < 4.78 is 24.1. The Labute approximate surface area is 180 Å². The van der Waals surface area contributed by atoms with E-state index in [4.69, 9.17) is 9.15 Å². The minimum absolute atomic E-state index is 0.00141. The van der Waals surface area contributed by atoms with Crippen molar-refractivity contribution in [3.05, 3.63) is 89.6 Å². The van der Waals surface area contributed by atoms with Crippen LogP contribution in [-0.2, 0) is 11.2 Å². The highest BCUT2D eigenvalue weighted by Crippen LogP contribution is 2.29. The first-order valence-electron chi connectivity index (χ1n) is 9.18. The Kier molecular flexibility index (Phi) is 6.04. The third kappa shape index (κ3) is 5.34. The van der Waals surface area contributed by atoms with E-state index in [2.05, 4.69) is 15.6 Å². The van der Waals surface area contributed by atoms with Crippen molar-refractivity contribution in [1.82, 2.24) is 4.98 Å². The Bertz CT molecular complexity index is 1210. The zero-order valence-electron chi connectivity index (χ0n) is 16.0. The molecule has 0 fully saturated rings. The molecule has 0 saturated carbocycles. The van der Waals surface area contributed by atoms with Gasteiger partial charge in [-0.3, -0.25) is 14.9 Å². The standard InChI is InChI=1S/C22H16FN3O4S/c23-14-5-3-6-16(11-14)30-18-8-2-1-7-17(18)25-20(27)12-15-13-31-22(24-15)26-21(28)19-9-4-10-29-19/h1-11,13H,12H2,(H,25,27)(H,24,26,28). The second-order valence-corrected chi connectivity index (χ2v) is 7.21. The summed E-state index contributed by atoms with van der Waals surface area (Å²) >= 11 is 1.20. The number of hydrogen-bond donors (Lipinski definition) is 2. The predicted octanol–water partition coefficient (Wildman–Crippen LogP) is 5.10. The van der Waals surface area contributed by atoms with Crippen LogP contribution in [0.25, 0.3) is 0 Å². The molecule has 4 rings (SSSR count). The molecule has 31 heavy (non-hydrogen) atoms. The van der Waals surface area contributed by atoms with Crippen LogP contribution < -0.4 is 15.4 Å². The molecule has 2 amide bonds. The van der Waals surface area contributed by atoms with Crippen molar-refractivity contribution in [2.45, 2.75) is 6.42 Å². The molecule has 0 radical (unpaired) electrons. The van der Waals surface area contributed by atoms with Gasteiger partial charge >= 0.3 is 0 Å². The van der Waals surface area contributed by atoms with Crippen molar-refractivity contribution in [3.63, 3.8) is 0 Å². The quantitative estimate of drug-likeness (QED) is 0.420. The van der Waals surface area contributed by atoms with E-state index < -0.39 is 11.7 Å². The SMILES string of the molecule is O=C(Cc1csc(NC(=O)c2ccco2)n1)Nc1ccccc1Oc1cccc(F)c1. The minimum Gasteiger partial charge on any atom is -0.459 e. The summed E-state index contributed by atoms with van der Waals surface area (Å²) in [6, 6.07) is 15.7. The topological polar surface area (TPSA) is 93.5 Å². The first-order valence-corrected chi connectivity index (χ1v) is 10.1. The smallest absolute Gasteiger partial charge is 0.293 e. The van der Waals surface area contributed by atoms with Crippen LogP contribution in [-0.4, -0.2) is 16.8 Å². The van der Waals surface area contributed by atoms with Gasteiger partial charge in [0.15, 0.2) is 16.6 Å². The molecule has 2 N–H and O–H groups in total. The molecular weight excluding hydrogens is 421 g/mol. The van der Waals surface area contributed by atoms with E-state index in [0.29, 0.717) is 28.0 Å². The van der Waals surface area contributed by atoms with Crippen LogP contribution in [0.5, 0.6) is 11.5 Å². The number of nitrogens with zero attached hydrogens (tertiary/aromatic N) is 1. The zero-order valence-corrected chi connectivity index (χ0v) is 16.8. The fourth-order valence-electron chi connectivity index (χ4n) is 2.69. The molecular formula is C22H16FN3O4S. The number of nitrogens with one attached hydrogen (secondary N) is 2. The van der Waals surface area contributed by atoms with Crippen molar-refractivity contribution in [2.75, 3.05) is 10.6 Å². The van der Waals surface area contributed by atoms with Crippen molar-refractivity contribution >= 4 is 34.0 Å². The molecule has 0 saturated heterocycles. The predicted molar refractivity (Wildman–Crippen MR) is 114 cm³/mol. The molecule has 0 atom stereocenters. The first-order chi connectivity index (χ1) is 15.1. The van der Waals surface area contributed by atoms with Gasteiger partial charge in [0.2, 0.25) is 5.91 Å². The highest BCUT2D eigenvalue weighted by atomic mass is 32.1. The van der Waals surface area contributed by atoms with Gasteiger partial charge in [-0.15, -0.1) is 11.3 Å². The fourth-order valence-corrected chi connectivity index (χ4v) is 3.39. The molecule has 7 nitrogen and oxygen atoms in total. The van der Waals surface area contributed by atoms with Gasteiger partial charge in [-0.1, -0.05) is 18.2 Å². The number of amides is 2. The van der Waals surface area contributed by atoms with Gasteiger partial charge in [0.25, 0.3) is 5.91 Å². The van der Waals surface area contributed by atoms with Crippen LogP contribution in [0.15, 0.2) is 76.7 Å². The van der Waals surface area contributed by atoms with E-state index in [-0.39, 0.29) is 18.1 Å². The number of furan rings is 1. The maximum Gasteiger partial charge on any atom is 0.293 e. The van der Waals surface area contributed by atoms with E-state index in [1.54, 1.807) is 47.8 Å². The van der Waals surface area contributed by atoms with E-state index in [0.717, 1.165) is 0 Å². The molecule has 0 aliphatic heterocycles. The van der Waals surface area contributed by atoms with Crippen LogP contribution in [0.4, 0.5) is 15.2 Å². The average Bonchev–Trinajstić information content (AvgIpc) is 3.42. The number of carbonyl (C=O) groups is 2. The van der Waals surface area contributed by atoms with Crippen LogP contribution >= 0.6 is 11.3 Å². The van der Waals surface area contributed by atoms with Gasteiger partial charge in [0.1, 0.15) is 11.6 Å². The lowest BCUT2D eigenvalue weighted by Gasteiger charge is -2.12. The normalized spacial score (nSPS) is 10.5. The number of anilines is 2. The number of benzene rings is 2. The second-order valence-electron chi connectivity index (χ2n) is 6.36. The number of aromatic nitrogens is 1. The van der Waals surface area contributed by atoms with Crippen molar-refractivity contribution in [3.8, 4) is 11.5 Å². The third-order valence-corrected chi connectivity index (χ3v) is 4.85. The third-order valence-electron chi connectivity index (χ3n) is 4.04. The summed E-state index contributed by atoms with van der Waals surface area (Å²) in [6.45, 7) is 0. The Balaban J connectivity index is 1.38. The maximum absolute atomic E-state index is 13.4. The van der Waals surface area contributed by atoms with Crippen molar-refractivity contribution in [2.24, 2.45) is 0 Å². The van der Waals surface area contributed by atoms with Crippen LogP contribution in [0, 0.1) is 5.82 Å². The summed E-state index contributed by atoms with van der Waals surface area (Å²) in [5.74, 6) is -0.283. The highest BCUT2D eigenvalue weighted by Gasteiger charge is 2.14. The van der Waals surface area contributed by atoms with Crippen LogP contribution in [0.2, 0.25) is 0 Å². The number of thiazole rings is 1. The van der Waals surface area contributed by atoms with E-state index in [1.807, 2.05) is 0 Å². The number of para-hydroxylation sites is 2. The molecule has 0 aliphatic rings. The summed E-state index contributed by atoms with van der Waals surface area (Å²) in [4.78, 5) is 28.7. The summed E-state index contributed by atoms with van der Waals surface area (Å²) in [7, 11) is 0. The van der Waals surface area contributed by atoms with Crippen molar-refractivity contribution < 1.29 is 23.1 Å². The van der Waals surface area contributed by atoms with Crippen LogP contribution in [0.3, 0.4) is 0 Å². The molecule has 2 heterocycles. The second kappa shape index (κ2) is 9.23.